The number of halogens is 1. The Morgan fingerprint density at radius 2 is 1.91 bits per heavy atom. The molecule has 4 rings (SSSR count). The first kappa shape index (κ1) is 22.2. The predicted octanol–water partition coefficient (Wildman–Crippen LogP) is 4.98. The summed E-state index contributed by atoms with van der Waals surface area (Å²) >= 11 is 1.25. The van der Waals surface area contributed by atoms with Crippen LogP contribution in [0.1, 0.15) is 39.2 Å². The lowest BCUT2D eigenvalue weighted by Crippen LogP contribution is -2.42. The summed E-state index contributed by atoms with van der Waals surface area (Å²) in [5.74, 6) is 0.220. The van der Waals surface area contributed by atoms with Crippen molar-refractivity contribution in [3.63, 3.8) is 0 Å². The van der Waals surface area contributed by atoms with Gasteiger partial charge in [-0.1, -0.05) is 44.7 Å². The van der Waals surface area contributed by atoms with Crippen LogP contribution in [0, 0.1) is 11.7 Å². The molecular weight excluding hydrogens is 427 g/mol. The number of carbonyl (C=O) groups excluding carboxylic acids is 2. The molecule has 0 bridgehead atoms. The van der Waals surface area contributed by atoms with Crippen LogP contribution in [0.5, 0.6) is 0 Å². The van der Waals surface area contributed by atoms with Crippen LogP contribution in [0.25, 0.3) is 0 Å². The molecule has 0 aliphatic carbocycles. The highest BCUT2D eigenvalue weighted by Crippen LogP contribution is 2.36. The molecule has 2 aliphatic heterocycles. The minimum Gasteiger partial charge on any atom is -0.325 e. The Balaban J connectivity index is 1.61. The van der Waals surface area contributed by atoms with E-state index in [0.717, 1.165) is 11.3 Å². The van der Waals surface area contributed by atoms with Crippen molar-refractivity contribution < 1.29 is 14.0 Å². The van der Waals surface area contributed by atoms with Crippen molar-refractivity contribution in [2.24, 2.45) is 15.9 Å². The summed E-state index contributed by atoms with van der Waals surface area (Å²) in [6.07, 6.45) is 1.18. The molecule has 2 atom stereocenters. The fourth-order valence-corrected chi connectivity index (χ4v) is 4.71. The number of nitrogens with zero attached hydrogens (tertiary/aromatic N) is 3. The van der Waals surface area contributed by atoms with Crippen molar-refractivity contribution >= 4 is 46.0 Å². The van der Waals surface area contributed by atoms with E-state index in [-0.39, 0.29) is 17.6 Å². The molecule has 166 valence electrons. The number of para-hydroxylation sites is 1. The van der Waals surface area contributed by atoms with Crippen LogP contribution < -0.4 is 5.32 Å². The Kier molecular flexibility index (Phi) is 6.41. The predicted molar refractivity (Wildman–Crippen MR) is 127 cm³/mol. The molecular formula is C24H25FN4O2S. The SMILES string of the molecule is CC[C@H](SC1=Nc2ccccc2C2=N[C@@H](CC(C)C)C(=O)N12)C(=O)Nc1ccc(F)cc1. The maximum atomic E-state index is 13.2. The number of carbonyl (C=O) groups is 2. The molecule has 0 aromatic heterocycles. The highest BCUT2D eigenvalue weighted by Gasteiger charge is 2.42. The number of thioether (sulfide) groups is 1. The number of aliphatic imine (C=N–C) groups is 2. The molecule has 0 unspecified atom stereocenters. The Morgan fingerprint density at radius 3 is 2.59 bits per heavy atom. The van der Waals surface area contributed by atoms with Gasteiger partial charge in [0.05, 0.1) is 10.9 Å². The number of fused-ring (bicyclic) bond motifs is 3. The third-order valence-electron chi connectivity index (χ3n) is 5.27. The van der Waals surface area contributed by atoms with E-state index >= 15 is 0 Å². The summed E-state index contributed by atoms with van der Waals surface area (Å²) in [7, 11) is 0. The maximum Gasteiger partial charge on any atom is 0.259 e. The summed E-state index contributed by atoms with van der Waals surface area (Å²) < 4.78 is 13.2. The molecule has 1 N–H and O–H groups in total. The molecule has 0 spiro atoms. The molecule has 0 saturated heterocycles. The monoisotopic (exact) mass is 452 g/mol. The van der Waals surface area contributed by atoms with Gasteiger partial charge in [0, 0.05) is 11.3 Å². The Hall–Kier alpha value is -3.00. The number of nitrogens with one attached hydrogen (secondary N) is 1. The van der Waals surface area contributed by atoms with Crippen LogP contribution in [0.3, 0.4) is 0 Å². The fourth-order valence-electron chi connectivity index (χ4n) is 3.69. The molecule has 2 aromatic carbocycles. The van der Waals surface area contributed by atoms with Crippen molar-refractivity contribution in [2.45, 2.75) is 44.9 Å². The summed E-state index contributed by atoms with van der Waals surface area (Å²) in [4.78, 5) is 37.2. The van der Waals surface area contributed by atoms with Gasteiger partial charge in [0.15, 0.2) is 5.17 Å². The number of benzene rings is 2. The average molecular weight is 453 g/mol. The first-order valence-corrected chi connectivity index (χ1v) is 11.6. The zero-order valence-corrected chi connectivity index (χ0v) is 19.0. The van der Waals surface area contributed by atoms with Gasteiger partial charge in [0.2, 0.25) is 5.91 Å². The molecule has 8 heteroatoms. The van der Waals surface area contributed by atoms with Crippen LogP contribution in [0.4, 0.5) is 15.8 Å². The summed E-state index contributed by atoms with van der Waals surface area (Å²) in [5.41, 5.74) is 2.07. The van der Waals surface area contributed by atoms with Crippen LogP contribution in [-0.2, 0) is 9.59 Å². The van der Waals surface area contributed by atoms with E-state index < -0.39 is 11.3 Å². The highest BCUT2D eigenvalue weighted by molar-refractivity contribution is 8.15. The average Bonchev–Trinajstić information content (AvgIpc) is 3.09. The normalized spacial score (nSPS) is 18.1. The van der Waals surface area contributed by atoms with Gasteiger partial charge >= 0.3 is 0 Å². The van der Waals surface area contributed by atoms with E-state index in [4.69, 9.17) is 9.98 Å². The van der Waals surface area contributed by atoms with Crippen molar-refractivity contribution in [3.05, 3.63) is 59.9 Å². The lowest BCUT2D eigenvalue weighted by atomic mass is 10.0. The molecule has 2 aliphatic rings. The first-order chi connectivity index (χ1) is 15.4. The standard InChI is InChI=1S/C24H25FN4O2S/c1-4-20(22(30)26-16-11-9-15(25)10-12-16)32-24-28-18-8-6-5-7-17(18)21-27-19(13-14(2)3)23(31)29(21)24/h5-12,14,19-20H,4,13H2,1-3H3,(H,26,30)/t19-,20-/m0/s1. The Bertz CT molecular complexity index is 1100. The van der Waals surface area contributed by atoms with Gasteiger partial charge in [-0.25, -0.2) is 14.3 Å². The second-order valence-electron chi connectivity index (χ2n) is 8.19. The van der Waals surface area contributed by atoms with E-state index in [9.17, 15) is 14.0 Å². The van der Waals surface area contributed by atoms with Crippen molar-refractivity contribution in [1.82, 2.24) is 4.90 Å². The van der Waals surface area contributed by atoms with E-state index in [0.29, 0.717) is 35.5 Å². The van der Waals surface area contributed by atoms with Gasteiger partial charge in [-0.05, 0) is 55.2 Å². The van der Waals surface area contributed by atoms with Crippen LogP contribution in [0.15, 0.2) is 58.5 Å². The van der Waals surface area contributed by atoms with Gasteiger partial charge in [0.1, 0.15) is 17.7 Å². The minimum atomic E-state index is -0.484. The van der Waals surface area contributed by atoms with Gasteiger partial charge in [-0.15, -0.1) is 0 Å². The Morgan fingerprint density at radius 1 is 1.19 bits per heavy atom. The second kappa shape index (κ2) is 9.24. The van der Waals surface area contributed by atoms with Crippen molar-refractivity contribution in [3.8, 4) is 0 Å². The van der Waals surface area contributed by atoms with Gasteiger partial charge < -0.3 is 5.32 Å². The largest absolute Gasteiger partial charge is 0.325 e. The van der Waals surface area contributed by atoms with Crippen LogP contribution >= 0.6 is 11.8 Å². The van der Waals surface area contributed by atoms with E-state index in [1.807, 2.05) is 31.2 Å². The summed E-state index contributed by atoms with van der Waals surface area (Å²) in [6.45, 7) is 6.03. The molecule has 2 amide bonds. The second-order valence-corrected chi connectivity index (χ2v) is 9.36. The lowest BCUT2D eigenvalue weighted by molar-refractivity contribution is -0.125. The maximum absolute atomic E-state index is 13.2. The number of amides is 2. The van der Waals surface area contributed by atoms with E-state index in [2.05, 4.69) is 19.2 Å². The third-order valence-corrected chi connectivity index (χ3v) is 6.58. The van der Waals surface area contributed by atoms with Gasteiger partial charge in [0.25, 0.3) is 5.91 Å². The van der Waals surface area contributed by atoms with E-state index in [1.54, 1.807) is 4.90 Å². The molecule has 32 heavy (non-hydrogen) atoms. The van der Waals surface area contributed by atoms with Gasteiger partial charge in [-0.2, -0.15) is 0 Å². The fraction of sp³-hybridized carbons (Fsp3) is 0.333. The van der Waals surface area contributed by atoms with Gasteiger partial charge in [-0.3, -0.25) is 14.6 Å². The summed E-state index contributed by atoms with van der Waals surface area (Å²) in [6, 6.07) is 12.8. The molecule has 6 nitrogen and oxygen atoms in total. The highest BCUT2D eigenvalue weighted by atomic mass is 32.2. The number of anilines is 1. The molecule has 0 fully saturated rings. The molecule has 0 radical (unpaired) electrons. The lowest BCUT2D eigenvalue weighted by Gasteiger charge is -2.27. The smallest absolute Gasteiger partial charge is 0.259 e. The quantitative estimate of drug-likeness (QED) is 0.672. The minimum absolute atomic E-state index is 0.108. The zero-order chi connectivity index (χ0) is 22.8. The van der Waals surface area contributed by atoms with Crippen molar-refractivity contribution in [2.75, 3.05) is 5.32 Å². The molecule has 0 saturated carbocycles. The molecule has 2 aromatic rings. The summed E-state index contributed by atoms with van der Waals surface area (Å²) in [5, 5.41) is 2.79. The topological polar surface area (TPSA) is 74.1 Å². The first-order valence-electron chi connectivity index (χ1n) is 10.7. The molecule has 2 heterocycles. The van der Waals surface area contributed by atoms with Crippen LogP contribution in [-0.4, -0.2) is 39.0 Å². The Labute approximate surface area is 191 Å². The number of amidine groups is 2. The number of rotatable bonds is 6. The van der Waals surface area contributed by atoms with E-state index in [1.165, 1.54) is 36.0 Å². The zero-order valence-electron chi connectivity index (χ0n) is 18.2. The number of hydrogen-bond acceptors (Lipinski definition) is 5. The van der Waals surface area contributed by atoms with Crippen LogP contribution in [0.2, 0.25) is 0 Å². The number of hydrogen-bond donors (Lipinski definition) is 1. The van der Waals surface area contributed by atoms with Crippen molar-refractivity contribution in [1.29, 1.82) is 0 Å². The third kappa shape index (κ3) is 4.46.